The van der Waals surface area contributed by atoms with Crippen molar-refractivity contribution in [3.63, 3.8) is 0 Å². The molecular formula is C25H30N6O7S. The second-order valence-electron chi connectivity index (χ2n) is 8.46. The number of benzene rings is 2. The highest BCUT2D eigenvalue weighted by Gasteiger charge is 2.25. The van der Waals surface area contributed by atoms with E-state index < -0.39 is 16.1 Å². The maximum atomic E-state index is 13.5. The van der Waals surface area contributed by atoms with Gasteiger partial charge in [0.2, 0.25) is 0 Å². The van der Waals surface area contributed by atoms with Crippen LogP contribution in [0.2, 0.25) is 0 Å². The van der Waals surface area contributed by atoms with Gasteiger partial charge in [-0.2, -0.15) is 5.10 Å². The average Bonchev–Trinajstić information content (AvgIpc) is 3.56. The van der Waals surface area contributed by atoms with Gasteiger partial charge in [0, 0.05) is 18.3 Å². The molecule has 39 heavy (non-hydrogen) atoms. The van der Waals surface area contributed by atoms with Crippen LogP contribution in [0, 0.1) is 0 Å². The van der Waals surface area contributed by atoms with Crippen LogP contribution in [0.3, 0.4) is 0 Å². The molecule has 0 aliphatic heterocycles. The second-order valence-corrected chi connectivity index (χ2v) is 10.1. The van der Waals surface area contributed by atoms with Gasteiger partial charge in [0.05, 0.1) is 33.5 Å². The van der Waals surface area contributed by atoms with E-state index in [9.17, 15) is 13.2 Å². The Hall–Kier alpha value is -4.30. The highest BCUT2D eigenvalue weighted by atomic mass is 32.2. The lowest BCUT2D eigenvalue weighted by Gasteiger charge is -2.14. The molecule has 14 heteroatoms. The fourth-order valence-electron chi connectivity index (χ4n) is 3.87. The Morgan fingerprint density at radius 3 is 2.64 bits per heavy atom. The van der Waals surface area contributed by atoms with Crippen LogP contribution in [-0.4, -0.2) is 56.8 Å². The number of fused-ring (bicyclic) bond motifs is 1. The van der Waals surface area contributed by atoms with Crippen molar-refractivity contribution in [3.8, 4) is 11.5 Å². The van der Waals surface area contributed by atoms with Crippen molar-refractivity contribution >= 4 is 32.9 Å². The van der Waals surface area contributed by atoms with Gasteiger partial charge in [-0.1, -0.05) is 18.1 Å². The number of methoxy groups -OCH3 is 2. The molecular weight excluding hydrogens is 528 g/mol. The van der Waals surface area contributed by atoms with Gasteiger partial charge in [-0.05, 0) is 41.8 Å². The van der Waals surface area contributed by atoms with Crippen molar-refractivity contribution in [2.45, 2.75) is 31.3 Å². The smallest absolute Gasteiger partial charge is 0.406 e. The van der Waals surface area contributed by atoms with Crippen LogP contribution in [0.1, 0.15) is 23.6 Å². The molecule has 0 bridgehead atoms. The molecule has 0 radical (unpaired) electrons. The number of sulfonamides is 1. The third-order valence-electron chi connectivity index (χ3n) is 5.84. The molecule has 2 heterocycles. The second kappa shape index (κ2) is 12.0. The molecule has 0 spiro atoms. The standard InChI is InChI=1S/C25H30N6O7S/c1-4-16-5-6-19(37-8-7-27-25(32)36-3)22(11-16)39(33,34)30-24-23-20(35-2)9-17(10-21(23)38-29-24)14-31-15-18(12-26)13-28-31/h5-6,9-11,13,15H,4,7-8,12,14,26H2,1-3H3,(H,27,32)(H,29,30). The molecule has 208 valence electrons. The number of carbonyl (C=O) groups excluding carboxylic acids is 1. The van der Waals surface area contributed by atoms with E-state index in [-0.39, 0.29) is 29.6 Å². The van der Waals surface area contributed by atoms with Crippen LogP contribution in [0.25, 0.3) is 11.0 Å². The fourth-order valence-corrected chi connectivity index (χ4v) is 5.07. The van der Waals surface area contributed by atoms with Gasteiger partial charge in [0.15, 0.2) is 11.4 Å². The van der Waals surface area contributed by atoms with E-state index in [1.165, 1.54) is 20.3 Å². The van der Waals surface area contributed by atoms with Crippen molar-refractivity contribution in [2.24, 2.45) is 5.73 Å². The van der Waals surface area contributed by atoms with E-state index in [1.54, 1.807) is 35.1 Å². The van der Waals surface area contributed by atoms with Crippen molar-refractivity contribution in [1.29, 1.82) is 0 Å². The number of hydrogen-bond donors (Lipinski definition) is 3. The van der Waals surface area contributed by atoms with Crippen LogP contribution >= 0.6 is 0 Å². The number of aryl methyl sites for hydroxylation is 1. The summed E-state index contributed by atoms with van der Waals surface area (Å²) in [5.41, 5.74) is 8.50. The minimum absolute atomic E-state index is 0.0234. The predicted octanol–water partition coefficient (Wildman–Crippen LogP) is 2.64. The molecule has 0 aliphatic rings. The maximum Gasteiger partial charge on any atom is 0.406 e. The summed E-state index contributed by atoms with van der Waals surface area (Å²) in [7, 11) is -1.45. The number of ether oxygens (including phenoxy) is 3. The van der Waals surface area contributed by atoms with Crippen LogP contribution in [0.15, 0.2) is 52.1 Å². The molecule has 0 saturated heterocycles. The monoisotopic (exact) mass is 558 g/mol. The van der Waals surface area contributed by atoms with Crippen LogP contribution in [-0.2, 0) is 34.3 Å². The molecule has 0 saturated carbocycles. The normalized spacial score (nSPS) is 11.4. The summed E-state index contributed by atoms with van der Waals surface area (Å²) in [5.74, 6) is 0.461. The van der Waals surface area contributed by atoms with Crippen LogP contribution in [0.4, 0.5) is 10.6 Å². The third-order valence-corrected chi connectivity index (χ3v) is 7.20. The lowest BCUT2D eigenvalue weighted by atomic mass is 10.1. The molecule has 4 rings (SSSR count). The third kappa shape index (κ3) is 6.41. The van der Waals surface area contributed by atoms with Crippen LogP contribution in [0.5, 0.6) is 11.5 Å². The first-order chi connectivity index (χ1) is 18.8. The van der Waals surface area contributed by atoms with Gasteiger partial charge in [-0.25, -0.2) is 13.2 Å². The SMILES string of the molecule is CCc1ccc(OCCNC(=O)OC)c(S(=O)(=O)Nc2noc3cc(Cn4cc(CN)cn4)cc(OC)c23)c1. The molecule has 0 atom stereocenters. The van der Waals surface area contributed by atoms with Crippen molar-refractivity contribution in [2.75, 3.05) is 32.1 Å². The number of aromatic nitrogens is 3. The van der Waals surface area contributed by atoms with E-state index in [1.807, 2.05) is 13.1 Å². The molecule has 0 fully saturated rings. The topological polar surface area (TPSA) is 173 Å². The minimum Gasteiger partial charge on any atom is -0.496 e. The highest BCUT2D eigenvalue weighted by molar-refractivity contribution is 7.92. The first-order valence-corrected chi connectivity index (χ1v) is 13.5. The van der Waals surface area contributed by atoms with Gasteiger partial charge in [0.25, 0.3) is 10.0 Å². The van der Waals surface area contributed by atoms with E-state index in [2.05, 4.69) is 25.0 Å². The first kappa shape index (κ1) is 27.7. The van der Waals surface area contributed by atoms with Gasteiger partial charge < -0.3 is 29.8 Å². The van der Waals surface area contributed by atoms with Gasteiger partial charge in [-0.15, -0.1) is 0 Å². The largest absolute Gasteiger partial charge is 0.496 e. The van der Waals surface area contributed by atoms with Crippen molar-refractivity contribution in [1.82, 2.24) is 20.3 Å². The molecule has 4 N–H and O–H groups in total. The number of alkyl carbamates (subject to hydrolysis) is 1. The molecule has 2 aromatic carbocycles. The Bertz CT molecular complexity index is 1560. The van der Waals surface area contributed by atoms with E-state index in [4.69, 9.17) is 19.7 Å². The summed E-state index contributed by atoms with van der Waals surface area (Å²) < 4.78 is 52.5. The predicted molar refractivity (Wildman–Crippen MR) is 142 cm³/mol. The number of anilines is 1. The lowest BCUT2D eigenvalue weighted by Crippen LogP contribution is -2.28. The minimum atomic E-state index is -4.17. The highest BCUT2D eigenvalue weighted by Crippen LogP contribution is 2.36. The Kier molecular flexibility index (Phi) is 8.56. The zero-order chi connectivity index (χ0) is 28.0. The zero-order valence-electron chi connectivity index (χ0n) is 21.8. The maximum absolute atomic E-state index is 13.5. The van der Waals surface area contributed by atoms with Crippen LogP contribution < -0.4 is 25.2 Å². The molecule has 0 aliphatic carbocycles. The summed E-state index contributed by atoms with van der Waals surface area (Å²) in [4.78, 5) is 11.2. The summed E-state index contributed by atoms with van der Waals surface area (Å²) in [5, 5.41) is 11.1. The Labute approximate surface area is 225 Å². The average molecular weight is 559 g/mol. The van der Waals surface area contributed by atoms with E-state index >= 15 is 0 Å². The molecule has 2 aromatic heterocycles. The summed E-state index contributed by atoms with van der Waals surface area (Å²) in [6, 6.07) is 8.39. The number of carbonyl (C=O) groups is 1. The summed E-state index contributed by atoms with van der Waals surface area (Å²) in [6.07, 6.45) is 3.53. The number of nitrogens with zero attached hydrogens (tertiary/aromatic N) is 3. The van der Waals surface area contributed by atoms with Gasteiger partial charge in [0.1, 0.15) is 28.4 Å². The molecule has 1 amide bonds. The number of amides is 1. The lowest BCUT2D eigenvalue weighted by molar-refractivity contribution is 0.168. The summed E-state index contributed by atoms with van der Waals surface area (Å²) in [6.45, 7) is 2.85. The van der Waals surface area contributed by atoms with Crippen molar-refractivity contribution in [3.05, 3.63) is 59.4 Å². The molecule has 13 nitrogen and oxygen atoms in total. The quantitative estimate of drug-likeness (QED) is 0.219. The van der Waals surface area contributed by atoms with E-state index in [0.29, 0.717) is 36.2 Å². The van der Waals surface area contributed by atoms with E-state index in [0.717, 1.165) is 16.7 Å². The van der Waals surface area contributed by atoms with Crippen molar-refractivity contribution < 1.29 is 31.9 Å². The van der Waals surface area contributed by atoms with Gasteiger partial charge >= 0.3 is 6.09 Å². The Morgan fingerprint density at radius 1 is 1.13 bits per heavy atom. The Morgan fingerprint density at radius 2 is 1.95 bits per heavy atom. The molecule has 4 aromatic rings. The molecule has 0 unspecified atom stereocenters. The summed E-state index contributed by atoms with van der Waals surface area (Å²) >= 11 is 0. The number of nitrogens with one attached hydrogen (secondary N) is 2. The fraction of sp³-hybridized carbons (Fsp3) is 0.320. The number of hydrogen-bond acceptors (Lipinski definition) is 10. The number of nitrogens with two attached hydrogens (primary N) is 1. The van der Waals surface area contributed by atoms with Gasteiger partial charge in [-0.3, -0.25) is 9.40 Å². The number of rotatable bonds is 12. The first-order valence-electron chi connectivity index (χ1n) is 12.1. The Balaban J connectivity index is 1.61. The zero-order valence-corrected chi connectivity index (χ0v) is 22.6.